The van der Waals surface area contributed by atoms with Gasteiger partial charge in [-0.3, -0.25) is 4.98 Å². The van der Waals surface area contributed by atoms with Gasteiger partial charge in [-0.1, -0.05) is 59.8 Å². The molecule has 158 valence electrons. The first kappa shape index (κ1) is 21.1. The summed E-state index contributed by atoms with van der Waals surface area (Å²) in [5.41, 5.74) is 8.20. The Bertz CT molecular complexity index is 1070. The third-order valence-electron chi connectivity index (χ3n) is 6.20. The van der Waals surface area contributed by atoms with Crippen molar-refractivity contribution in [2.75, 3.05) is 13.1 Å². The van der Waals surface area contributed by atoms with Crippen LogP contribution in [0.3, 0.4) is 0 Å². The number of benzene rings is 2. The highest BCUT2D eigenvalue weighted by molar-refractivity contribution is 5.67. The van der Waals surface area contributed by atoms with Gasteiger partial charge in [0.2, 0.25) is 0 Å². The summed E-state index contributed by atoms with van der Waals surface area (Å²) in [7, 11) is 0. The maximum Gasteiger partial charge on any atom is 0.118 e. The van der Waals surface area contributed by atoms with Crippen molar-refractivity contribution in [3.05, 3.63) is 111 Å². The number of aromatic nitrogens is 1. The van der Waals surface area contributed by atoms with E-state index in [2.05, 4.69) is 77.0 Å². The molecule has 2 atom stereocenters. The molecule has 0 saturated carbocycles. The Morgan fingerprint density at radius 3 is 2.52 bits per heavy atom. The van der Waals surface area contributed by atoms with Gasteiger partial charge in [0.25, 0.3) is 0 Å². The van der Waals surface area contributed by atoms with Crippen LogP contribution in [0, 0.1) is 18.8 Å². The molecule has 3 aromatic rings. The van der Waals surface area contributed by atoms with Crippen molar-refractivity contribution in [2.24, 2.45) is 5.18 Å². The second-order valence-electron chi connectivity index (χ2n) is 8.30. The standard InChI is InChI=1S/C27H29N3O/c1-19-5-3-4-6-25(19)26(18-27(30-31)24-13-16-29-20(2)17-24)23-9-7-21(8-10-23)22-11-14-28-15-12-22/h3-11,13,16-17,26-28H,12,14-15,18H2,1-2H3/t26-,27?/m1/s1. The Kier molecular flexibility index (Phi) is 6.68. The zero-order valence-electron chi connectivity index (χ0n) is 18.2. The Hall–Kier alpha value is -3.11. The van der Waals surface area contributed by atoms with Crippen molar-refractivity contribution in [2.45, 2.75) is 38.6 Å². The number of nitrogens with zero attached hydrogens (tertiary/aromatic N) is 2. The Labute approximate surface area is 184 Å². The van der Waals surface area contributed by atoms with Crippen molar-refractivity contribution in [3.63, 3.8) is 0 Å². The topological polar surface area (TPSA) is 54.4 Å². The summed E-state index contributed by atoms with van der Waals surface area (Å²) in [5.74, 6) is 0.0911. The monoisotopic (exact) mass is 411 g/mol. The molecule has 0 aliphatic carbocycles. The molecule has 0 radical (unpaired) electrons. The average Bonchev–Trinajstić information content (AvgIpc) is 2.81. The summed E-state index contributed by atoms with van der Waals surface area (Å²) in [4.78, 5) is 16.1. The molecule has 2 heterocycles. The molecule has 2 aromatic carbocycles. The lowest BCUT2D eigenvalue weighted by molar-refractivity contribution is 0.591. The largest absolute Gasteiger partial charge is 0.313 e. The second-order valence-corrected chi connectivity index (χ2v) is 8.30. The van der Waals surface area contributed by atoms with E-state index in [1.807, 2.05) is 19.1 Å². The van der Waals surface area contributed by atoms with Gasteiger partial charge >= 0.3 is 0 Å². The molecule has 31 heavy (non-hydrogen) atoms. The summed E-state index contributed by atoms with van der Waals surface area (Å²) >= 11 is 0. The van der Waals surface area contributed by atoms with Crippen molar-refractivity contribution < 1.29 is 0 Å². The van der Waals surface area contributed by atoms with Gasteiger partial charge in [0, 0.05) is 24.4 Å². The summed E-state index contributed by atoms with van der Waals surface area (Å²) in [6.45, 7) is 6.03. The van der Waals surface area contributed by atoms with Crippen LogP contribution < -0.4 is 5.32 Å². The van der Waals surface area contributed by atoms with Gasteiger partial charge in [-0.05, 0) is 78.8 Å². The normalized spacial score (nSPS) is 15.7. The molecule has 1 unspecified atom stereocenters. The van der Waals surface area contributed by atoms with E-state index in [4.69, 9.17) is 0 Å². The molecule has 4 nitrogen and oxygen atoms in total. The van der Waals surface area contributed by atoms with Gasteiger partial charge < -0.3 is 5.32 Å². The number of pyridine rings is 1. The van der Waals surface area contributed by atoms with Gasteiger partial charge in [-0.25, -0.2) is 0 Å². The maximum atomic E-state index is 11.9. The fourth-order valence-electron chi connectivity index (χ4n) is 4.47. The number of hydrogen-bond acceptors (Lipinski definition) is 4. The van der Waals surface area contributed by atoms with Crippen molar-refractivity contribution in [3.8, 4) is 0 Å². The van der Waals surface area contributed by atoms with Gasteiger partial charge in [0.05, 0.1) is 0 Å². The first-order valence-electron chi connectivity index (χ1n) is 11.0. The van der Waals surface area contributed by atoms with Gasteiger partial charge in [-0.2, -0.15) is 4.91 Å². The van der Waals surface area contributed by atoms with Gasteiger partial charge in [0.1, 0.15) is 6.04 Å². The Morgan fingerprint density at radius 1 is 1.03 bits per heavy atom. The van der Waals surface area contributed by atoms with Crippen LogP contribution in [0.4, 0.5) is 0 Å². The van der Waals surface area contributed by atoms with Crippen LogP contribution in [0.1, 0.15) is 58.3 Å². The fourth-order valence-corrected chi connectivity index (χ4v) is 4.47. The second kappa shape index (κ2) is 9.80. The molecule has 1 aromatic heterocycles. The van der Waals surface area contributed by atoms with Crippen LogP contribution in [0.5, 0.6) is 0 Å². The summed E-state index contributed by atoms with van der Waals surface area (Å²) in [6.07, 6.45) is 5.71. The third-order valence-corrected chi connectivity index (χ3v) is 6.20. The summed E-state index contributed by atoms with van der Waals surface area (Å²) in [6, 6.07) is 20.8. The fraction of sp³-hybridized carbons (Fsp3) is 0.296. The lowest BCUT2D eigenvalue weighted by atomic mass is 9.82. The van der Waals surface area contributed by atoms with E-state index in [1.165, 1.54) is 27.8 Å². The predicted octanol–water partition coefficient (Wildman–Crippen LogP) is 6.10. The van der Waals surface area contributed by atoms with E-state index in [9.17, 15) is 4.91 Å². The molecule has 1 N–H and O–H groups in total. The molecule has 4 heteroatoms. The predicted molar refractivity (Wildman–Crippen MR) is 127 cm³/mol. The average molecular weight is 412 g/mol. The van der Waals surface area contributed by atoms with E-state index in [0.717, 1.165) is 30.8 Å². The number of hydrogen-bond donors (Lipinski definition) is 1. The van der Waals surface area contributed by atoms with Crippen LogP contribution in [0.2, 0.25) is 0 Å². The molecule has 0 fully saturated rings. The minimum Gasteiger partial charge on any atom is -0.313 e. The van der Waals surface area contributed by atoms with Crippen molar-refractivity contribution in [1.29, 1.82) is 0 Å². The third kappa shape index (κ3) is 4.97. The molecule has 0 amide bonds. The first-order chi connectivity index (χ1) is 15.2. The van der Waals surface area contributed by atoms with Crippen molar-refractivity contribution in [1.82, 2.24) is 10.3 Å². The van der Waals surface area contributed by atoms with E-state index in [0.29, 0.717) is 6.42 Å². The molecule has 0 spiro atoms. The lowest BCUT2D eigenvalue weighted by Crippen LogP contribution is -2.20. The number of rotatable bonds is 7. The minimum absolute atomic E-state index is 0.0911. The van der Waals surface area contributed by atoms with E-state index in [1.54, 1.807) is 6.20 Å². The van der Waals surface area contributed by atoms with Crippen molar-refractivity contribution >= 4 is 5.57 Å². The summed E-state index contributed by atoms with van der Waals surface area (Å²) < 4.78 is 0. The SMILES string of the molecule is Cc1cc(C(C[C@H](c2ccc(C3=CCNCC3)cc2)c2ccccc2C)N=O)ccn1. The molecular formula is C27H29N3O. The molecule has 1 aliphatic heterocycles. The molecular weight excluding hydrogens is 382 g/mol. The Morgan fingerprint density at radius 2 is 1.84 bits per heavy atom. The number of nitrogens with one attached hydrogen (secondary N) is 1. The zero-order chi connectivity index (χ0) is 21.6. The summed E-state index contributed by atoms with van der Waals surface area (Å²) in [5, 5.41) is 6.89. The van der Waals surface area contributed by atoms with E-state index in [-0.39, 0.29) is 5.92 Å². The molecule has 1 aliphatic rings. The Balaban J connectivity index is 1.68. The van der Waals surface area contributed by atoms with Gasteiger partial charge in [-0.15, -0.1) is 0 Å². The highest BCUT2D eigenvalue weighted by Gasteiger charge is 2.23. The van der Waals surface area contributed by atoms with Crippen LogP contribution in [-0.4, -0.2) is 18.1 Å². The lowest BCUT2D eigenvalue weighted by Gasteiger charge is -2.23. The minimum atomic E-state index is -0.418. The van der Waals surface area contributed by atoms with E-state index < -0.39 is 6.04 Å². The maximum absolute atomic E-state index is 11.9. The quantitative estimate of drug-likeness (QED) is 0.478. The first-order valence-corrected chi connectivity index (χ1v) is 11.0. The number of aryl methyl sites for hydroxylation is 2. The number of nitroso groups, excluding NO2 is 1. The smallest absolute Gasteiger partial charge is 0.118 e. The highest BCUT2D eigenvalue weighted by atomic mass is 16.3. The zero-order valence-corrected chi connectivity index (χ0v) is 18.2. The van der Waals surface area contributed by atoms with E-state index >= 15 is 0 Å². The molecule has 0 saturated heterocycles. The highest BCUT2D eigenvalue weighted by Crippen LogP contribution is 2.37. The van der Waals surface area contributed by atoms with Crippen LogP contribution >= 0.6 is 0 Å². The molecule has 4 rings (SSSR count). The molecule has 0 bridgehead atoms. The van der Waals surface area contributed by atoms with Crippen LogP contribution in [0.15, 0.2) is 78.1 Å². The van der Waals surface area contributed by atoms with Crippen LogP contribution in [0.25, 0.3) is 5.57 Å². The van der Waals surface area contributed by atoms with Crippen LogP contribution in [-0.2, 0) is 0 Å². The van der Waals surface area contributed by atoms with Gasteiger partial charge in [0.15, 0.2) is 0 Å².